The van der Waals surface area contributed by atoms with Crippen molar-refractivity contribution in [2.45, 2.75) is 45.1 Å². The van der Waals surface area contributed by atoms with E-state index in [2.05, 4.69) is 13.0 Å². The molecule has 1 aliphatic heterocycles. The van der Waals surface area contributed by atoms with Crippen molar-refractivity contribution in [2.24, 2.45) is 5.92 Å². The lowest BCUT2D eigenvalue weighted by molar-refractivity contribution is 0.0400. The number of phenols is 1. The van der Waals surface area contributed by atoms with Crippen molar-refractivity contribution in [1.82, 2.24) is 0 Å². The second-order valence-corrected chi connectivity index (χ2v) is 6.36. The van der Waals surface area contributed by atoms with Gasteiger partial charge in [-0.25, -0.2) is 4.79 Å². The fourth-order valence-electron chi connectivity index (χ4n) is 3.44. The zero-order valence-electron chi connectivity index (χ0n) is 12.3. The Labute approximate surface area is 124 Å². The molecule has 0 radical (unpaired) electrons. The molecule has 0 spiro atoms. The molecule has 0 saturated carbocycles. The van der Waals surface area contributed by atoms with Gasteiger partial charge in [-0.15, -0.1) is 0 Å². The van der Waals surface area contributed by atoms with Gasteiger partial charge in [0.2, 0.25) is 0 Å². The normalized spacial score (nSPS) is 27.7. The van der Waals surface area contributed by atoms with Gasteiger partial charge >= 0.3 is 5.97 Å². The lowest BCUT2D eigenvalue weighted by atomic mass is 9.76. The van der Waals surface area contributed by atoms with E-state index in [0.717, 1.165) is 19.3 Å². The molecule has 2 aliphatic rings. The van der Waals surface area contributed by atoms with Crippen molar-refractivity contribution >= 4 is 5.97 Å². The Morgan fingerprint density at radius 1 is 1.43 bits per heavy atom. The van der Waals surface area contributed by atoms with Gasteiger partial charge in [-0.3, -0.25) is 0 Å². The molecule has 112 valence electrons. The second-order valence-electron chi connectivity index (χ2n) is 6.36. The molecule has 4 heteroatoms. The summed E-state index contributed by atoms with van der Waals surface area (Å²) >= 11 is 0. The Balaban J connectivity index is 1.95. The van der Waals surface area contributed by atoms with E-state index in [1.807, 2.05) is 6.92 Å². The van der Waals surface area contributed by atoms with Crippen LogP contribution in [0.25, 0.3) is 0 Å². The van der Waals surface area contributed by atoms with E-state index in [0.29, 0.717) is 23.7 Å². The van der Waals surface area contributed by atoms with Crippen LogP contribution < -0.4 is 4.74 Å². The van der Waals surface area contributed by atoms with E-state index in [1.54, 1.807) is 0 Å². The van der Waals surface area contributed by atoms with Crippen LogP contribution in [0, 0.1) is 5.92 Å². The molecule has 0 saturated heterocycles. The summed E-state index contributed by atoms with van der Waals surface area (Å²) in [5.41, 5.74) is 1.72. The highest BCUT2D eigenvalue weighted by Gasteiger charge is 2.44. The number of benzene rings is 1. The van der Waals surface area contributed by atoms with Crippen molar-refractivity contribution in [3.63, 3.8) is 0 Å². The number of aromatic hydroxyl groups is 1. The van der Waals surface area contributed by atoms with Crippen LogP contribution in [0.4, 0.5) is 0 Å². The monoisotopic (exact) mass is 288 g/mol. The van der Waals surface area contributed by atoms with Crippen LogP contribution in [0.3, 0.4) is 0 Å². The van der Waals surface area contributed by atoms with E-state index >= 15 is 0 Å². The molecule has 2 atom stereocenters. The minimum absolute atomic E-state index is 0.126. The van der Waals surface area contributed by atoms with Crippen molar-refractivity contribution in [1.29, 1.82) is 0 Å². The van der Waals surface area contributed by atoms with E-state index in [1.165, 1.54) is 17.7 Å². The highest BCUT2D eigenvalue weighted by molar-refractivity contribution is 5.92. The van der Waals surface area contributed by atoms with Gasteiger partial charge in [-0.1, -0.05) is 11.6 Å². The molecule has 0 amide bonds. The summed E-state index contributed by atoms with van der Waals surface area (Å²) in [5.74, 6) is -0.206. The van der Waals surface area contributed by atoms with Gasteiger partial charge in [0.15, 0.2) is 0 Å². The fraction of sp³-hybridized carbons (Fsp3) is 0.471. The predicted molar refractivity (Wildman–Crippen MR) is 78.9 cm³/mol. The summed E-state index contributed by atoms with van der Waals surface area (Å²) in [4.78, 5) is 11.3. The average molecular weight is 288 g/mol. The molecule has 0 bridgehead atoms. The van der Waals surface area contributed by atoms with Crippen LogP contribution in [-0.2, 0) is 6.42 Å². The fourth-order valence-corrected chi connectivity index (χ4v) is 3.44. The number of phenolic OH excluding ortho intramolecular Hbond substituents is 1. The van der Waals surface area contributed by atoms with Crippen molar-refractivity contribution in [3.05, 3.63) is 34.9 Å². The van der Waals surface area contributed by atoms with E-state index in [4.69, 9.17) is 4.74 Å². The number of allylic oxidation sites excluding steroid dienone is 2. The van der Waals surface area contributed by atoms with Gasteiger partial charge in [0, 0.05) is 17.9 Å². The number of rotatable bonds is 2. The summed E-state index contributed by atoms with van der Waals surface area (Å²) in [6, 6.07) is 2.86. The molecule has 3 rings (SSSR count). The molecule has 0 fully saturated rings. The number of carboxylic acids is 1. The summed E-state index contributed by atoms with van der Waals surface area (Å²) in [6.07, 6.45) is 5.84. The zero-order chi connectivity index (χ0) is 15.2. The number of hydrogen-bond donors (Lipinski definition) is 2. The minimum atomic E-state index is -1.02. The maximum Gasteiger partial charge on any atom is 0.339 e. The molecule has 1 aromatic carbocycles. The molecule has 2 N–H and O–H groups in total. The molecule has 0 aromatic heterocycles. The number of hydrogen-bond acceptors (Lipinski definition) is 3. The largest absolute Gasteiger partial charge is 0.508 e. The maximum atomic E-state index is 11.3. The molecule has 1 unspecified atom stereocenters. The molecule has 4 nitrogen and oxygen atoms in total. The Morgan fingerprint density at radius 2 is 2.19 bits per heavy atom. The average Bonchev–Trinajstić information content (AvgIpc) is 2.79. The van der Waals surface area contributed by atoms with Crippen LogP contribution in [0.1, 0.15) is 49.0 Å². The summed E-state index contributed by atoms with van der Waals surface area (Å²) in [7, 11) is 0. The Kier molecular flexibility index (Phi) is 3.19. The molecule has 1 heterocycles. The van der Waals surface area contributed by atoms with E-state index in [-0.39, 0.29) is 11.3 Å². The lowest BCUT2D eigenvalue weighted by Gasteiger charge is -2.35. The highest BCUT2D eigenvalue weighted by atomic mass is 16.5. The number of carboxylic acid groups (broad SMARTS) is 1. The van der Waals surface area contributed by atoms with E-state index < -0.39 is 11.6 Å². The van der Waals surface area contributed by atoms with Crippen LogP contribution in [0.2, 0.25) is 0 Å². The molecule has 1 aliphatic carbocycles. The predicted octanol–water partition coefficient (Wildman–Crippen LogP) is 3.53. The van der Waals surface area contributed by atoms with Gasteiger partial charge in [0.1, 0.15) is 22.7 Å². The third kappa shape index (κ3) is 2.28. The van der Waals surface area contributed by atoms with Gasteiger partial charge < -0.3 is 14.9 Å². The molecular formula is C17H20O4. The smallest absolute Gasteiger partial charge is 0.339 e. The summed E-state index contributed by atoms with van der Waals surface area (Å²) in [6.45, 7) is 4.16. The lowest BCUT2D eigenvalue weighted by Crippen LogP contribution is -2.40. The van der Waals surface area contributed by atoms with Crippen LogP contribution in [0.5, 0.6) is 11.5 Å². The van der Waals surface area contributed by atoms with Gasteiger partial charge in [-0.2, -0.15) is 0 Å². The third-order valence-corrected chi connectivity index (χ3v) is 4.83. The number of fused-ring (bicyclic) bond motifs is 1. The van der Waals surface area contributed by atoms with Crippen molar-refractivity contribution in [2.75, 3.05) is 0 Å². The number of carbonyl (C=O) groups is 1. The minimum Gasteiger partial charge on any atom is -0.508 e. The van der Waals surface area contributed by atoms with Gasteiger partial charge in [0.05, 0.1) is 0 Å². The van der Waals surface area contributed by atoms with Crippen LogP contribution >= 0.6 is 0 Å². The second kappa shape index (κ2) is 4.79. The van der Waals surface area contributed by atoms with Gasteiger partial charge in [-0.05, 0) is 45.2 Å². The first-order valence-corrected chi connectivity index (χ1v) is 7.33. The zero-order valence-corrected chi connectivity index (χ0v) is 12.3. The molecule has 1 aromatic rings. The van der Waals surface area contributed by atoms with E-state index in [9.17, 15) is 15.0 Å². The first-order chi connectivity index (χ1) is 9.90. The molecule has 21 heavy (non-hydrogen) atoms. The first-order valence-electron chi connectivity index (χ1n) is 7.33. The topological polar surface area (TPSA) is 66.8 Å². The SMILES string of the molecule is CC1=CCC([C@]2(C)Cc3c(O)ccc(C(=O)O)c3O2)CC1. The highest BCUT2D eigenvalue weighted by Crippen LogP contribution is 2.48. The van der Waals surface area contributed by atoms with Crippen molar-refractivity contribution < 1.29 is 19.7 Å². The van der Waals surface area contributed by atoms with Crippen molar-refractivity contribution in [3.8, 4) is 11.5 Å². The standard InChI is InChI=1S/C17H20O4/c1-10-3-5-11(6-4-10)17(2)9-13-14(18)8-7-12(16(19)20)15(13)21-17/h3,7-8,11,18H,4-6,9H2,1-2H3,(H,19,20)/t11?,17-/m0/s1. The third-order valence-electron chi connectivity index (χ3n) is 4.83. The van der Waals surface area contributed by atoms with Gasteiger partial charge in [0.25, 0.3) is 0 Å². The molecular weight excluding hydrogens is 268 g/mol. The first kappa shape index (κ1) is 14.0. The maximum absolute atomic E-state index is 11.3. The van der Waals surface area contributed by atoms with Crippen LogP contribution in [-0.4, -0.2) is 21.8 Å². The quantitative estimate of drug-likeness (QED) is 0.817. The Hall–Kier alpha value is -1.97. The Bertz CT molecular complexity index is 632. The number of aromatic carboxylic acids is 1. The summed E-state index contributed by atoms with van der Waals surface area (Å²) in [5, 5.41) is 19.3. The number of ether oxygens (including phenoxy) is 1. The van der Waals surface area contributed by atoms with Crippen LogP contribution in [0.15, 0.2) is 23.8 Å². The Morgan fingerprint density at radius 3 is 2.81 bits per heavy atom. The summed E-state index contributed by atoms with van der Waals surface area (Å²) < 4.78 is 6.07.